The largest absolute Gasteiger partial charge is 0.495 e. The van der Waals surface area contributed by atoms with Crippen molar-refractivity contribution in [1.82, 2.24) is 0 Å². The van der Waals surface area contributed by atoms with Gasteiger partial charge in [-0.3, -0.25) is 0 Å². The van der Waals surface area contributed by atoms with Gasteiger partial charge >= 0.3 is 13.4 Å². The molecule has 0 aliphatic rings. The number of hydrogen-bond donors (Lipinski definition) is 0. The molecule has 0 N–H and O–H groups in total. The van der Waals surface area contributed by atoms with Gasteiger partial charge in [-0.15, -0.1) is 37.2 Å². The molecule has 0 rings (SSSR count). The Morgan fingerprint density at radius 3 is 0.833 bits per heavy atom. The minimum atomic E-state index is -0.306. The van der Waals surface area contributed by atoms with Crippen LogP contribution in [0.25, 0.3) is 0 Å². The first kappa shape index (κ1) is 24.5. The SMILES string of the molecule is Cl.Cl.Cl.[Cl][Al][Cl]. The van der Waals surface area contributed by atoms with E-state index in [9.17, 15) is 0 Å². The van der Waals surface area contributed by atoms with Crippen LogP contribution in [0.4, 0.5) is 0 Å². The third kappa shape index (κ3) is 37.8. The molecule has 0 aromatic rings. The summed E-state index contributed by atoms with van der Waals surface area (Å²) in [5, 5.41) is 0. The molecule has 0 amide bonds. The van der Waals surface area contributed by atoms with Crippen LogP contribution < -0.4 is 0 Å². The van der Waals surface area contributed by atoms with E-state index in [0.29, 0.717) is 0 Å². The predicted molar refractivity (Wildman–Crippen MR) is 39.2 cm³/mol. The van der Waals surface area contributed by atoms with Crippen LogP contribution in [0.3, 0.4) is 0 Å². The second-order valence-corrected chi connectivity index (χ2v) is 2.23. The first-order valence-corrected chi connectivity index (χ1v) is 3.93. The van der Waals surface area contributed by atoms with Crippen LogP contribution in [0.5, 0.6) is 0 Å². The normalized spacial score (nSPS) is 2.33. The highest BCUT2D eigenvalue weighted by Gasteiger charge is 1.59. The molecule has 0 aromatic carbocycles. The summed E-state index contributed by atoms with van der Waals surface area (Å²) in [4.78, 5) is 0. The van der Waals surface area contributed by atoms with Crippen molar-refractivity contribution < 1.29 is 0 Å². The minimum Gasteiger partial charge on any atom is -0.248 e. The first-order valence-electron chi connectivity index (χ1n) is 0.436. The van der Waals surface area contributed by atoms with Gasteiger partial charge in [-0.1, -0.05) is 0 Å². The molecule has 1 radical (unpaired) electrons. The van der Waals surface area contributed by atoms with Gasteiger partial charge < -0.3 is 0 Å². The molecule has 41 valence electrons. The third-order valence-electron chi connectivity index (χ3n) is 0. The standard InChI is InChI=1S/Al.5ClH/h;5*1H/q+2;;;;;/p-2. The topological polar surface area (TPSA) is 0 Å². The third-order valence-corrected chi connectivity index (χ3v) is 0. The van der Waals surface area contributed by atoms with Gasteiger partial charge in [0.25, 0.3) is 0 Å². The molecule has 0 saturated carbocycles. The van der Waals surface area contributed by atoms with Gasteiger partial charge in [-0.25, -0.2) is 20.1 Å². The monoisotopic (exact) mass is 205 g/mol. The highest BCUT2D eigenvalue weighted by Crippen LogP contribution is 1.67. The van der Waals surface area contributed by atoms with Crippen LogP contribution in [-0.4, -0.2) is 13.4 Å². The Morgan fingerprint density at radius 2 is 0.833 bits per heavy atom. The Morgan fingerprint density at radius 1 is 0.833 bits per heavy atom. The zero-order chi connectivity index (χ0) is 2.71. The Kier molecular flexibility index (Phi) is 115. The van der Waals surface area contributed by atoms with Crippen molar-refractivity contribution in [3.8, 4) is 0 Å². The average Bonchev–Trinajstić information content (AvgIpc) is 0.918. The highest BCUT2D eigenvalue weighted by molar-refractivity contribution is 7.22. The Hall–Kier alpha value is 1.98. The van der Waals surface area contributed by atoms with E-state index in [2.05, 4.69) is 0 Å². The predicted octanol–water partition coefficient (Wildman–Crippen LogP) is 2.26. The van der Waals surface area contributed by atoms with Crippen molar-refractivity contribution in [2.75, 3.05) is 0 Å². The molecular weight excluding hydrogens is 204 g/mol. The second-order valence-electron chi connectivity index (χ2n) is 0.0825. The van der Waals surface area contributed by atoms with Crippen LogP contribution in [0, 0.1) is 0 Å². The molecule has 6 heteroatoms. The van der Waals surface area contributed by atoms with Crippen molar-refractivity contribution in [2.24, 2.45) is 0 Å². The number of rotatable bonds is 0. The fourth-order valence-electron chi connectivity index (χ4n) is 0. The quantitative estimate of drug-likeness (QED) is 0.534. The van der Waals surface area contributed by atoms with Gasteiger partial charge in [-0.2, -0.15) is 0 Å². The zero-order valence-corrected chi connectivity index (χ0v) is 7.67. The lowest BCUT2D eigenvalue weighted by molar-refractivity contribution is 4.39. The summed E-state index contributed by atoms with van der Waals surface area (Å²) in [5.41, 5.74) is 0. The Balaban J connectivity index is -0.00000000667. The van der Waals surface area contributed by atoms with E-state index in [0.717, 1.165) is 0 Å². The lowest BCUT2D eigenvalue weighted by Crippen LogP contribution is -1.36. The lowest BCUT2D eigenvalue weighted by Gasteiger charge is -1.34. The molecule has 0 aliphatic carbocycles. The van der Waals surface area contributed by atoms with Gasteiger partial charge in [0, 0.05) is 0 Å². The molecule has 0 unspecified atom stereocenters. The van der Waals surface area contributed by atoms with Gasteiger partial charge in [0.2, 0.25) is 0 Å². The van der Waals surface area contributed by atoms with Crippen LogP contribution in [0.2, 0.25) is 0 Å². The fraction of sp³-hybridized carbons (Fsp3) is 0. The van der Waals surface area contributed by atoms with Crippen LogP contribution in [0.15, 0.2) is 0 Å². The minimum absolute atomic E-state index is 0. The van der Waals surface area contributed by atoms with Crippen molar-refractivity contribution in [3.05, 3.63) is 0 Å². The first-order chi connectivity index (χ1) is 1.41. The van der Waals surface area contributed by atoms with Crippen LogP contribution in [-0.2, 0) is 0 Å². The van der Waals surface area contributed by atoms with E-state index in [-0.39, 0.29) is 50.6 Å². The van der Waals surface area contributed by atoms with E-state index < -0.39 is 0 Å². The van der Waals surface area contributed by atoms with Crippen molar-refractivity contribution in [3.63, 3.8) is 0 Å². The molecule has 0 atom stereocenters. The summed E-state index contributed by atoms with van der Waals surface area (Å²) < 4.78 is 0. The molecule has 0 spiro atoms. The molecule has 0 fully saturated rings. The molecule has 0 aliphatic heterocycles. The maximum Gasteiger partial charge on any atom is 0.495 e. The number of halogens is 5. The molecule has 0 aromatic heterocycles. The summed E-state index contributed by atoms with van der Waals surface area (Å²) >= 11 is -0.306. The molecule has 6 heavy (non-hydrogen) atoms. The summed E-state index contributed by atoms with van der Waals surface area (Å²) in [7, 11) is 9.69. The summed E-state index contributed by atoms with van der Waals surface area (Å²) in [6.07, 6.45) is 0. The van der Waals surface area contributed by atoms with Gasteiger partial charge in [0.15, 0.2) is 0 Å². The highest BCUT2D eigenvalue weighted by atomic mass is 35.7. The van der Waals surface area contributed by atoms with Gasteiger partial charge in [0.05, 0.1) is 0 Å². The smallest absolute Gasteiger partial charge is 0.248 e. The van der Waals surface area contributed by atoms with Crippen LogP contribution >= 0.6 is 57.3 Å². The second kappa shape index (κ2) is 28.1. The summed E-state index contributed by atoms with van der Waals surface area (Å²) in [6.45, 7) is 0. The Labute approximate surface area is 70.3 Å². The Bertz CT molecular complexity index is 3.90. The van der Waals surface area contributed by atoms with Crippen molar-refractivity contribution >= 4 is 70.7 Å². The number of hydrogen-bond acceptors (Lipinski definition) is 0. The van der Waals surface area contributed by atoms with E-state index >= 15 is 0 Å². The van der Waals surface area contributed by atoms with Crippen molar-refractivity contribution in [2.45, 2.75) is 0 Å². The van der Waals surface area contributed by atoms with Gasteiger partial charge in [-0.05, 0) is 0 Å². The maximum atomic E-state index is 4.85. The van der Waals surface area contributed by atoms with Crippen molar-refractivity contribution in [1.29, 1.82) is 0 Å². The summed E-state index contributed by atoms with van der Waals surface area (Å²) in [6, 6.07) is 0. The molecule has 0 bridgehead atoms. The molecular formula is H3AlCl5. The molecule has 0 saturated heterocycles. The maximum absolute atomic E-state index is 4.85. The molecule has 0 nitrogen and oxygen atoms in total. The van der Waals surface area contributed by atoms with E-state index in [1.54, 1.807) is 0 Å². The van der Waals surface area contributed by atoms with E-state index in [1.807, 2.05) is 0 Å². The zero-order valence-electron chi connectivity index (χ0n) is 2.56. The fourth-order valence-corrected chi connectivity index (χ4v) is 0. The molecule has 0 heterocycles. The van der Waals surface area contributed by atoms with Crippen LogP contribution in [0.1, 0.15) is 0 Å². The lowest BCUT2D eigenvalue weighted by atomic mass is 26.8. The van der Waals surface area contributed by atoms with Gasteiger partial charge in [0.1, 0.15) is 0 Å². The van der Waals surface area contributed by atoms with E-state index in [4.69, 9.17) is 20.1 Å². The summed E-state index contributed by atoms with van der Waals surface area (Å²) in [5.74, 6) is 0. The average molecular weight is 207 g/mol. The van der Waals surface area contributed by atoms with E-state index in [1.165, 1.54) is 0 Å².